The molecule has 0 aliphatic heterocycles. The lowest BCUT2D eigenvalue weighted by Gasteiger charge is -2.22. The summed E-state index contributed by atoms with van der Waals surface area (Å²) in [4.78, 5) is 11.1. The summed E-state index contributed by atoms with van der Waals surface area (Å²) in [6.45, 7) is 9.28. The molecule has 0 saturated heterocycles. The number of para-hydroxylation sites is 1. The second-order valence-electron chi connectivity index (χ2n) is 14.3. The summed E-state index contributed by atoms with van der Waals surface area (Å²) >= 11 is 0. The highest BCUT2D eigenvalue weighted by Crippen LogP contribution is 2.53. The van der Waals surface area contributed by atoms with Crippen molar-refractivity contribution in [2.45, 2.75) is 38.5 Å². The van der Waals surface area contributed by atoms with E-state index in [9.17, 15) is 0 Å². The van der Waals surface area contributed by atoms with Crippen LogP contribution in [0.2, 0.25) is 0 Å². The second kappa shape index (κ2) is 9.04. The normalized spacial score (nSPS) is 15.1. The number of nitrogens with zero attached hydrogens (tertiary/aromatic N) is 3. The van der Waals surface area contributed by atoms with E-state index < -0.39 is 0 Å². The Labute approximate surface area is 274 Å². The molecule has 0 radical (unpaired) electrons. The fourth-order valence-corrected chi connectivity index (χ4v) is 8.58. The molecule has 0 spiro atoms. The highest BCUT2D eigenvalue weighted by molar-refractivity contribution is 6.13. The summed E-state index contributed by atoms with van der Waals surface area (Å²) in [6, 6.07) is 46.5. The third-order valence-corrected chi connectivity index (χ3v) is 11.0. The molecule has 2 aliphatic rings. The van der Waals surface area contributed by atoms with Crippen LogP contribution in [0.5, 0.6) is 0 Å². The minimum absolute atomic E-state index is 0.0520. The predicted octanol–water partition coefficient (Wildman–Crippen LogP) is 11.0. The van der Waals surface area contributed by atoms with Gasteiger partial charge in [-0.3, -0.25) is 4.57 Å². The van der Waals surface area contributed by atoms with Gasteiger partial charge in [-0.2, -0.15) is 0 Å². The number of aromatic nitrogens is 3. The fraction of sp³-hybridized carbons (Fsp3) is 0.136. The summed E-state index contributed by atoms with van der Waals surface area (Å²) in [5, 5.41) is 4.86. The molecule has 2 heterocycles. The maximum Gasteiger partial charge on any atom is 0.235 e. The molecule has 2 aliphatic carbocycles. The Bertz CT molecular complexity index is 2640. The van der Waals surface area contributed by atoms with Gasteiger partial charge in [-0.1, -0.05) is 131 Å². The average molecular weight is 604 g/mol. The number of hydrogen-bond acceptors (Lipinski definition) is 2. The average Bonchev–Trinajstić information content (AvgIpc) is 3.63. The van der Waals surface area contributed by atoms with E-state index in [0.29, 0.717) is 5.95 Å². The lowest BCUT2D eigenvalue weighted by atomic mass is 9.82. The smallest absolute Gasteiger partial charge is 0.235 e. The van der Waals surface area contributed by atoms with E-state index in [1.54, 1.807) is 0 Å². The van der Waals surface area contributed by atoms with Crippen LogP contribution in [-0.4, -0.2) is 14.5 Å². The molecule has 0 bridgehead atoms. The first-order valence-electron chi connectivity index (χ1n) is 16.5. The van der Waals surface area contributed by atoms with Crippen molar-refractivity contribution in [2.75, 3.05) is 0 Å². The van der Waals surface area contributed by atoms with Gasteiger partial charge in [0, 0.05) is 32.7 Å². The number of fused-ring (bicyclic) bond motifs is 10. The minimum Gasteiger partial charge on any atom is -0.278 e. The molecule has 224 valence electrons. The first-order chi connectivity index (χ1) is 22.8. The van der Waals surface area contributed by atoms with Gasteiger partial charge < -0.3 is 0 Å². The zero-order valence-electron chi connectivity index (χ0n) is 27.0. The van der Waals surface area contributed by atoms with Crippen LogP contribution in [0.4, 0.5) is 0 Å². The van der Waals surface area contributed by atoms with Crippen LogP contribution in [0, 0.1) is 0 Å². The van der Waals surface area contributed by atoms with Crippen molar-refractivity contribution >= 4 is 32.6 Å². The van der Waals surface area contributed by atoms with Crippen molar-refractivity contribution in [3.63, 3.8) is 0 Å². The highest BCUT2D eigenvalue weighted by Gasteiger charge is 2.41. The van der Waals surface area contributed by atoms with E-state index in [0.717, 1.165) is 33.5 Å². The predicted molar refractivity (Wildman–Crippen MR) is 194 cm³/mol. The minimum atomic E-state index is -0.283. The van der Waals surface area contributed by atoms with Crippen molar-refractivity contribution in [3.8, 4) is 39.5 Å². The molecule has 0 N–H and O–H groups in total. The zero-order valence-corrected chi connectivity index (χ0v) is 27.0. The first-order valence-corrected chi connectivity index (χ1v) is 16.5. The fourth-order valence-electron chi connectivity index (χ4n) is 8.58. The molecule has 0 atom stereocenters. The Morgan fingerprint density at radius 2 is 1.13 bits per heavy atom. The number of benzene rings is 6. The van der Waals surface area contributed by atoms with Gasteiger partial charge in [0.15, 0.2) is 0 Å². The molecule has 8 aromatic rings. The maximum absolute atomic E-state index is 5.57. The SMILES string of the molecule is CC1(C)c2ccccc2-c2cc(-c3nc(-n4c5ccccc5c5cc6ccccc6cc54)nc4c3-c3ccccc3C4(C)C)ccc21. The molecular formula is C44H33N3. The first kappa shape index (κ1) is 26.7. The van der Waals surface area contributed by atoms with E-state index in [4.69, 9.17) is 9.97 Å². The Kier molecular flexibility index (Phi) is 5.13. The zero-order chi connectivity index (χ0) is 31.7. The van der Waals surface area contributed by atoms with Crippen LogP contribution in [-0.2, 0) is 10.8 Å². The van der Waals surface area contributed by atoms with Crippen LogP contribution in [0.3, 0.4) is 0 Å². The third kappa shape index (κ3) is 3.46. The van der Waals surface area contributed by atoms with Crippen molar-refractivity contribution < 1.29 is 0 Å². The Hall–Kier alpha value is -5.54. The van der Waals surface area contributed by atoms with Gasteiger partial charge in [-0.15, -0.1) is 0 Å². The van der Waals surface area contributed by atoms with Crippen molar-refractivity contribution in [3.05, 3.63) is 150 Å². The Morgan fingerprint density at radius 3 is 1.94 bits per heavy atom. The van der Waals surface area contributed by atoms with E-state index in [2.05, 4.69) is 160 Å². The van der Waals surface area contributed by atoms with Gasteiger partial charge in [-0.05, 0) is 68.4 Å². The lowest BCUT2D eigenvalue weighted by Crippen LogP contribution is -2.18. The van der Waals surface area contributed by atoms with E-state index in [1.165, 1.54) is 54.9 Å². The van der Waals surface area contributed by atoms with Crippen LogP contribution in [0.15, 0.2) is 127 Å². The third-order valence-electron chi connectivity index (χ3n) is 11.0. The van der Waals surface area contributed by atoms with Crippen molar-refractivity contribution in [1.29, 1.82) is 0 Å². The molecule has 10 rings (SSSR count). The Balaban J connectivity index is 1.31. The van der Waals surface area contributed by atoms with Gasteiger partial charge in [0.1, 0.15) is 0 Å². The summed E-state index contributed by atoms with van der Waals surface area (Å²) in [6.07, 6.45) is 0. The van der Waals surface area contributed by atoms with Crippen LogP contribution in [0.1, 0.15) is 50.1 Å². The Morgan fingerprint density at radius 1 is 0.489 bits per heavy atom. The topological polar surface area (TPSA) is 30.7 Å². The van der Waals surface area contributed by atoms with Crippen LogP contribution >= 0.6 is 0 Å². The summed E-state index contributed by atoms with van der Waals surface area (Å²) in [7, 11) is 0. The molecule has 0 fully saturated rings. The van der Waals surface area contributed by atoms with Gasteiger partial charge in [0.25, 0.3) is 0 Å². The summed E-state index contributed by atoms with van der Waals surface area (Å²) < 4.78 is 2.28. The van der Waals surface area contributed by atoms with Crippen LogP contribution < -0.4 is 0 Å². The second-order valence-corrected chi connectivity index (χ2v) is 14.3. The van der Waals surface area contributed by atoms with Crippen molar-refractivity contribution in [1.82, 2.24) is 14.5 Å². The van der Waals surface area contributed by atoms with Gasteiger partial charge in [0.2, 0.25) is 5.95 Å². The number of rotatable bonds is 2. The van der Waals surface area contributed by atoms with E-state index >= 15 is 0 Å². The maximum atomic E-state index is 5.57. The molecule has 3 nitrogen and oxygen atoms in total. The van der Waals surface area contributed by atoms with Gasteiger partial charge >= 0.3 is 0 Å². The number of hydrogen-bond donors (Lipinski definition) is 0. The van der Waals surface area contributed by atoms with Crippen LogP contribution in [0.25, 0.3) is 72.0 Å². The van der Waals surface area contributed by atoms with Gasteiger partial charge in [0.05, 0.1) is 22.4 Å². The largest absolute Gasteiger partial charge is 0.278 e. The summed E-state index contributed by atoms with van der Waals surface area (Å²) in [5.74, 6) is 0.711. The molecule has 6 aromatic carbocycles. The molecule has 3 heteroatoms. The molecule has 47 heavy (non-hydrogen) atoms. The highest BCUT2D eigenvalue weighted by atomic mass is 15.2. The monoisotopic (exact) mass is 603 g/mol. The molecule has 0 unspecified atom stereocenters. The molecule has 0 amide bonds. The lowest BCUT2D eigenvalue weighted by molar-refractivity contribution is 0.632. The standard InChI is InChI=1S/C44H33N3/c1-43(2)34-18-10-7-15-29(34)32-24-28(21-22-36(32)43)40-39-31-17-8-11-19-35(31)44(3,4)41(39)46-42(45-40)47-37-20-12-9-16-30(37)33-23-26-13-5-6-14-27(26)25-38(33)47/h5-25H,1-4H3. The van der Waals surface area contributed by atoms with Gasteiger partial charge in [-0.25, -0.2) is 9.97 Å². The quantitative estimate of drug-likeness (QED) is 0.197. The summed E-state index contributed by atoms with van der Waals surface area (Å²) in [5.41, 5.74) is 14.1. The van der Waals surface area contributed by atoms with E-state index in [1.807, 2.05) is 0 Å². The molecular weight excluding hydrogens is 571 g/mol. The van der Waals surface area contributed by atoms with E-state index in [-0.39, 0.29) is 10.8 Å². The molecule has 2 aromatic heterocycles. The van der Waals surface area contributed by atoms with Crippen molar-refractivity contribution in [2.24, 2.45) is 0 Å². The molecule has 0 saturated carbocycles.